The average molecular weight is 349 g/mol. The van der Waals surface area contributed by atoms with Crippen molar-refractivity contribution >= 4 is 23.2 Å². The number of aliphatic hydroxyl groups is 1. The third kappa shape index (κ3) is 2.00. The van der Waals surface area contributed by atoms with Crippen LogP contribution in [0.15, 0.2) is 22.8 Å². The molecule has 4 rings (SSSR count). The lowest BCUT2D eigenvalue weighted by atomic mass is 9.52. The number of ketones is 2. The van der Waals surface area contributed by atoms with Crippen molar-refractivity contribution in [2.45, 2.75) is 58.0 Å². The highest BCUT2D eigenvalue weighted by atomic mass is 35.5. The summed E-state index contributed by atoms with van der Waals surface area (Å²) in [6, 6.07) is 0. The molecule has 24 heavy (non-hydrogen) atoms. The molecule has 2 saturated carbocycles. The lowest BCUT2D eigenvalue weighted by Crippen LogP contribution is -2.55. The van der Waals surface area contributed by atoms with Gasteiger partial charge in [-0.05, 0) is 74.3 Å². The quantitative estimate of drug-likeness (QED) is 0.784. The fourth-order valence-electron chi connectivity index (χ4n) is 6.29. The van der Waals surface area contributed by atoms with Crippen molar-refractivity contribution in [2.24, 2.45) is 29.1 Å². The number of halogens is 1. The van der Waals surface area contributed by atoms with Crippen molar-refractivity contribution in [1.82, 2.24) is 0 Å². The summed E-state index contributed by atoms with van der Waals surface area (Å²) in [5, 5.41) is 11.8. The molecule has 0 amide bonds. The Morgan fingerprint density at radius 2 is 2.04 bits per heavy atom. The highest BCUT2D eigenvalue weighted by Gasteiger charge is 2.64. The summed E-state index contributed by atoms with van der Waals surface area (Å²) >= 11 is 6.56. The van der Waals surface area contributed by atoms with E-state index in [1.165, 1.54) is 6.92 Å². The van der Waals surface area contributed by atoms with Crippen LogP contribution in [0, 0.1) is 29.1 Å². The summed E-state index contributed by atoms with van der Waals surface area (Å²) in [4.78, 5) is 24.0. The largest absolute Gasteiger partial charge is 0.382 e. The van der Waals surface area contributed by atoms with E-state index in [1.54, 1.807) is 6.08 Å². The maximum atomic E-state index is 12.2. The normalized spacial score (nSPS) is 47.2. The van der Waals surface area contributed by atoms with E-state index in [-0.39, 0.29) is 22.9 Å². The maximum absolute atomic E-state index is 12.2. The standard InChI is InChI=1S/C20H25ClO3/c1-11(22)20(24)8-6-17-15-10-18(21)16-9-12(23)3-4-13(16)14(15)5-7-19(17,20)2/h9-10,13-15,17,24H,3-8H2,1-2H3/t13-,14-,15-,17+,19+,20+/m1/s1. The summed E-state index contributed by atoms with van der Waals surface area (Å²) in [7, 11) is 0. The lowest BCUT2D eigenvalue weighted by Gasteiger charge is -2.53. The van der Waals surface area contributed by atoms with Gasteiger partial charge < -0.3 is 5.11 Å². The first-order valence-corrected chi connectivity index (χ1v) is 9.51. The van der Waals surface area contributed by atoms with Gasteiger partial charge in [-0.15, -0.1) is 0 Å². The highest BCUT2D eigenvalue weighted by Crippen LogP contribution is 2.64. The molecule has 0 spiro atoms. The van der Waals surface area contributed by atoms with Gasteiger partial charge in [0.05, 0.1) is 0 Å². The molecule has 4 heteroatoms. The van der Waals surface area contributed by atoms with E-state index in [9.17, 15) is 14.7 Å². The van der Waals surface area contributed by atoms with Crippen LogP contribution in [0.25, 0.3) is 0 Å². The Morgan fingerprint density at radius 1 is 1.29 bits per heavy atom. The molecule has 0 aliphatic heterocycles. The number of carbonyl (C=O) groups excluding carboxylic acids is 2. The summed E-state index contributed by atoms with van der Waals surface area (Å²) in [6.45, 7) is 3.62. The van der Waals surface area contributed by atoms with Gasteiger partial charge in [0, 0.05) is 16.9 Å². The predicted molar refractivity (Wildman–Crippen MR) is 92.4 cm³/mol. The van der Waals surface area contributed by atoms with E-state index in [1.807, 2.05) is 0 Å². The molecular formula is C20H25ClO3. The van der Waals surface area contributed by atoms with Crippen molar-refractivity contribution in [3.63, 3.8) is 0 Å². The average Bonchev–Trinajstić information content (AvgIpc) is 2.81. The van der Waals surface area contributed by atoms with Crippen molar-refractivity contribution < 1.29 is 14.7 Å². The van der Waals surface area contributed by atoms with Gasteiger partial charge in [-0.1, -0.05) is 24.6 Å². The zero-order valence-electron chi connectivity index (χ0n) is 14.3. The number of Topliss-reactive ketones (excluding diaryl/α,β-unsaturated/α-hetero) is 1. The first-order valence-electron chi connectivity index (χ1n) is 9.13. The number of rotatable bonds is 1. The van der Waals surface area contributed by atoms with Crippen LogP contribution < -0.4 is 0 Å². The molecule has 0 bridgehead atoms. The summed E-state index contributed by atoms with van der Waals surface area (Å²) < 4.78 is 0. The molecule has 3 nitrogen and oxygen atoms in total. The monoisotopic (exact) mass is 348 g/mol. The molecule has 6 atom stereocenters. The first-order chi connectivity index (χ1) is 11.3. The number of allylic oxidation sites excluding steroid dienone is 4. The van der Waals surface area contributed by atoms with Crippen molar-refractivity contribution in [3.8, 4) is 0 Å². The fraction of sp³-hybridized carbons (Fsp3) is 0.700. The molecule has 0 unspecified atom stereocenters. The van der Waals surface area contributed by atoms with Crippen LogP contribution in [0.1, 0.15) is 52.4 Å². The van der Waals surface area contributed by atoms with Crippen LogP contribution in [-0.4, -0.2) is 22.3 Å². The SMILES string of the molecule is CC(=O)[C@@]1(O)CC[C@H]2[C@@H]3C=C(Cl)C4=CC(=O)CC[C@@H]4[C@H]3CC[C@@]21C. The Hall–Kier alpha value is -0.930. The molecule has 2 fully saturated rings. The van der Waals surface area contributed by atoms with Crippen LogP contribution >= 0.6 is 11.6 Å². The summed E-state index contributed by atoms with van der Waals surface area (Å²) in [6.07, 6.45) is 8.67. The summed E-state index contributed by atoms with van der Waals surface area (Å²) in [5.74, 6) is 1.53. The van der Waals surface area contributed by atoms with Gasteiger partial charge in [0.1, 0.15) is 5.60 Å². The van der Waals surface area contributed by atoms with E-state index >= 15 is 0 Å². The minimum absolute atomic E-state index is 0.0966. The van der Waals surface area contributed by atoms with Gasteiger partial charge >= 0.3 is 0 Å². The van der Waals surface area contributed by atoms with Crippen molar-refractivity contribution in [1.29, 1.82) is 0 Å². The van der Waals surface area contributed by atoms with Crippen LogP contribution in [0.3, 0.4) is 0 Å². The van der Waals surface area contributed by atoms with Crippen LogP contribution in [0.2, 0.25) is 0 Å². The van der Waals surface area contributed by atoms with Crippen molar-refractivity contribution in [3.05, 3.63) is 22.8 Å². The lowest BCUT2D eigenvalue weighted by molar-refractivity contribution is -0.155. The smallest absolute Gasteiger partial charge is 0.161 e. The molecule has 4 aliphatic carbocycles. The summed E-state index contributed by atoms with van der Waals surface area (Å²) in [5.41, 5.74) is -0.529. The van der Waals surface area contributed by atoms with E-state index in [2.05, 4.69) is 13.0 Å². The second-order valence-corrected chi connectivity index (χ2v) is 8.89. The van der Waals surface area contributed by atoms with Crippen LogP contribution in [0.4, 0.5) is 0 Å². The van der Waals surface area contributed by atoms with Gasteiger partial charge in [0.15, 0.2) is 11.6 Å². The minimum Gasteiger partial charge on any atom is -0.382 e. The highest BCUT2D eigenvalue weighted by molar-refractivity contribution is 6.32. The maximum Gasteiger partial charge on any atom is 0.161 e. The van der Waals surface area contributed by atoms with Crippen LogP contribution in [-0.2, 0) is 9.59 Å². The Balaban J connectivity index is 1.75. The van der Waals surface area contributed by atoms with Gasteiger partial charge in [-0.2, -0.15) is 0 Å². The minimum atomic E-state index is -1.19. The topological polar surface area (TPSA) is 54.4 Å². The van der Waals surface area contributed by atoms with Gasteiger partial charge in [0.25, 0.3) is 0 Å². The molecule has 0 heterocycles. The number of hydrogen-bond acceptors (Lipinski definition) is 3. The van der Waals surface area contributed by atoms with E-state index in [0.29, 0.717) is 30.6 Å². The van der Waals surface area contributed by atoms with E-state index in [4.69, 9.17) is 11.6 Å². The zero-order chi connectivity index (χ0) is 17.3. The molecule has 130 valence electrons. The van der Waals surface area contributed by atoms with Gasteiger partial charge in [-0.3, -0.25) is 9.59 Å². The Kier molecular flexibility index (Phi) is 3.64. The molecule has 0 aromatic carbocycles. The molecule has 0 aromatic heterocycles. The van der Waals surface area contributed by atoms with Gasteiger partial charge in [0.2, 0.25) is 0 Å². The molecule has 0 aromatic rings. The third-order valence-electron chi connectivity index (χ3n) is 7.67. The number of carbonyl (C=O) groups is 2. The number of fused-ring (bicyclic) bond motifs is 5. The molecule has 0 radical (unpaired) electrons. The Labute approximate surface area is 148 Å². The van der Waals surface area contributed by atoms with Crippen LogP contribution in [0.5, 0.6) is 0 Å². The first kappa shape index (κ1) is 16.5. The molecule has 1 N–H and O–H groups in total. The predicted octanol–water partition coefficient (Wildman–Crippen LogP) is 3.79. The Morgan fingerprint density at radius 3 is 2.75 bits per heavy atom. The fourth-order valence-corrected chi connectivity index (χ4v) is 6.63. The molecular weight excluding hydrogens is 324 g/mol. The molecule has 0 saturated heterocycles. The Bertz CT molecular complexity index is 678. The second-order valence-electron chi connectivity index (χ2n) is 8.48. The van der Waals surface area contributed by atoms with Gasteiger partial charge in [-0.25, -0.2) is 0 Å². The zero-order valence-corrected chi connectivity index (χ0v) is 15.1. The van der Waals surface area contributed by atoms with Crippen molar-refractivity contribution in [2.75, 3.05) is 0 Å². The second kappa shape index (κ2) is 5.28. The van der Waals surface area contributed by atoms with E-state index < -0.39 is 5.60 Å². The third-order valence-corrected chi connectivity index (χ3v) is 8.01. The van der Waals surface area contributed by atoms with E-state index in [0.717, 1.165) is 36.3 Å². The number of hydrogen-bond donors (Lipinski definition) is 1. The molecule has 4 aliphatic rings.